The Morgan fingerprint density at radius 1 is 1.35 bits per heavy atom. The third-order valence-electron chi connectivity index (χ3n) is 4.84. The van der Waals surface area contributed by atoms with Gasteiger partial charge in [0.15, 0.2) is 0 Å². The summed E-state index contributed by atoms with van der Waals surface area (Å²) >= 11 is 0. The molecule has 0 aromatic heterocycles. The zero-order chi connectivity index (χ0) is 14.2. The number of urea groups is 1. The second-order valence-electron chi connectivity index (χ2n) is 6.10. The Morgan fingerprint density at radius 2 is 2.10 bits per heavy atom. The van der Waals surface area contributed by atoms with E-state index in [1.54, 1.807) is 7.05 Å². The molecular weight excluding hydrogens is 250 g/mol. The number of carbonyl (C=O) groups excluding carboxylic acids is 1. The molecule has 2 amide bonds. The summed E-state index contributed by atoms with van der Waals surface area (Å²) in [5.74, 6) is 0. The third-order valence-corrected chi connectivity index (χ3v) is 4.84. The lowest BCUT2D eigenvalue weighted by Crippen LogP contribution is -2.40. The molecule has 1 saturated heterocycles. The van der Waals surface area contributed by atoms with Crippen molar-refractivity contribution in [3.8, 4) is 0 Å². The standard InChI is InChI=1S/C16H23N3O/c1-11-3-4-13-12(9-11)14(19-15(20)17-2)10-16(13)5-7-18-8-6-16/h3-4,9,14,18H,5-8,10H2,1-2H3,(H2,17,19,20)/t14-/m0/s1. The summed E-state index contributed by atoms with van der Waals surface area (Å²) in [4.78, 5) is 11.7. The van der Waals surface area contributed by atoms with E-state index in [9.17, 15) is 4.79 Å². The van der Waals surface area contributed by atoms with Crippen LogP contribution in [0.2, 0.25) is 0 Å². The van der Waals surface area contributed by atoms with Crippen LogP contribution in [-0.4, -0.2) is 26.2 Å². The molecule has 1 aliphatic heterocycles. The lowest BCUT2D eigenvalue weighted by Gasteiger charge is -2.35. The molecule has 3 rings (SSSR count). The molecule has 4 nitrogen and oxygen atoms in total. The smallest absolute Gasteiger partial charge is 0.315 e. The fourth-order valence-electron chi connectivity index (χ4n) is 3.80. The zero-order valence-corrected chi connectivity index (χ0v) is 12.3. The zero-order valence-electron chi connectivity index (χ0n) is 12.3. The molecule has 0 bridgehead atoms. The van der Waals surface area contributed by atoms with Crippen molar-refractivity contribution in [2.45, 2.75) is 37.6 Å². The minimum atomic E-state index is -0.0894. The highest BCUT2D eigenvalue weighted by atomic mass is 16.2. The van der Waals surface area contributed by atoms with E-state index >= 15 is 0 Å². The summed E-state index contributed by atoms with van der Waals surface area (Å²) in [5, 5.41) is 9.22. The van der Waals surface area contributed by atoms with Gasteiger partial charge in [0.05, 0.1) is 6.04 Å². The Hall–Kier alpha value is -1.55. The molecule has 1 aliphatic carbocycles. The minimum absolute atomic E-state index is 0.0894. The number of amides is 2. The molecule has 0 unspecified atom stereocenters. The number of carbonyl (C=O) groups is 1. The Morgan fingerprint density at radius 3 is 2.80 bits per heavy atom. The number of hydrogen-bond acceptors (Lipinski definition) is 2. The molecule has 1 heterocycles. The van der Waals surface area contributed by atoms with Crippen LogP contribution in [0, 0.1) is 6.92 Å². The molecule has 1 spiro atoms. The van der Waals surface area contributed by atoms with Gasteiger partial charge in [0, 0.05) is 12.5 Å². The molecule has 2 aliphatic rings. The van der Waals surface area contributed by atoms with Crippen molar-refractivity contribution in [3.05, 3.63) is 34.9 Å². The Labute approximate surface area is 120 Å². The van der Waals surface area contributed by atoms with Crippen molar-refractivity contribution in [2.24, 2.45) is 0 Å². The Balaban J connectivity index is 1.97. The van der Waals surface area contributed by atoms with Crippen LogP contribution < -0.4 is 16.0 Å². The lowest BCUT2D eigenvalue weighted by atomic mass is 9.74. The molecule has 108 valence electrons. The number of piperidine rings is 1. The maximum atomic E-state index is 11.7. The van der Waals surface area contributed by atoms with Gasteiger partial charge in [-0.05, 0) is 50.4 Å². The van der Waals surface area contributed by atoms with Crippen molar-refractivity contribution >= 4 is 6.03 Å². The highest BCUT2D eigenvalue weighted by Gasteiger charge is 2.44. The normalized spacial score (nSPS) is 23.4. The second-order valence-corrected chi connectivity index (χ2v) is 6.10. The number of rotatable bonds is 1. The maximum absolute atomic E-state index is 11.7. The van der Waals surface area contributed by atoms with Crippen LogP contribution in [-0.2, 0) is 5.41 Å². The second kappa shape index (κ2) is 5.09. The van der Waals surface area contributed by atoms with Gasteiger partial charge in [-0.15, -0.1) is 0 Å². The van der Waals surface area contributed by atoms with Crippen LogP contribution in [0.25, 0.3) is 0 Å². The first kappa shape index (κ1) is 13.4. The van der Waals surface area contributed by atoms with Gasteiger partial charge in [-0.25, -0.2) is 4.79 Å². The van der Waals surface area contributed by atoms with E-state index in [-0.39, 0.29) is 17.5 Å². The van der Waals surface area contributed by atoms with Crippen LogP contribution in [0.3, 0.4) is 0 Å². The SMILES string of the molecule is CNC(=O)N[C@H]1CC2(CCNCC2)c2ccc(C)cc21. The molecule has 1 fully saturated rings. The number of nitrogens with one attached hydrogen (secondary N) is 3. The highest BCUT2D eigenvalue weighted by Crippen LogP contribution is 2.50. The van der Waals surface area contributed by atoms with Crippen LogP contribution in [0.1, 0.15) is 42.0 Å². The minimum Gasteiger partial charge on any atom is -0.341 e. The Kier molecular flexibility index (Phi) is 3.42. The quantitative estimate of drug-likeness (QED) is 0.733. The summed E-state index contributed by atoms with van der Waals surface area (Å²) in [5.41, 5.74) is 4.28. The molecule has 0 radical (unpaired) electrons. The molecule has 3 N–H and O–H groups in total. The molecule has 1 aromatic carbocycles. The number of hydrogen-bond donors (Lipinski definition) is 3. The summed E-state index contributed by atoms with van der Waals surface area (Å²) in [7, 11) is 1.67. The van der Waals surface area contributed by atoms with E-state index in [0.717, 1.165) is 32.4 Å². The first-order valence-electron chi connectivity index (χ1n) is 7.45. The predicted octanol–water partition coefficient (Wildman–Crippen LogP) is 1.99. The average molecular weight is 273 g/mol. The number of aryl methyl sites for hydroxylation is 1. The topological polar surface area (TPSA) is 53.2 Å². The van der Waals surface area contributed by atoms with Gasteiger partial charge in [0.2, 0.25) is 0 Å². The van der Waals surface area contributed by atoms with E-state index < -0.39 is 0 Å². The fourth-order valence-corrected chi connectivity index (χ4v) is 3.80. The van der Waals surface area contributed by atoms with Gasteiger partial charge in [-0.3, -0.25) is 0 Å². The van der Waals surface area contributed by atoms with Crippen molar-refractivity contribution in [1.29, 1.82) is 0 Å². The van der Waals surface area contributed by atoms with Gasteiger partial charge in [0.1, 0.15) is 0 Å². The first-order chi connectivity index (χ1) is 9.64. The summed E-state index contributed by atoms with van der Waals surface area (Å²) in [6, 6.07) is 6.77. The van der Waals surface area contributed by atoms with Crippen LogP contribution in [0.15, 0.2) is 18.2 Å². The third kappa shape index (κ3) is 2.18. The number of benzene rings is 1. The molecule has 4 heteroatoms. The summed E-state index contributed by atoms with van der Waals surface area (Å²) in [6.07, 6.45) is 3.35. The van der Waals surface area contributed by atoms with Gasteiger partial charge in [0.25, 0.3) is 0 Å². The molecular formula is C16H23N3O. The highest BCUT2D eigenvalue weighted by molar-refractivity contribution is 5.74. The van der Waals surface area contributed by atoms with E-state index in [1.807, 2.05) is 0 Å². The molecule has 1 aromatic rings. The lowest BCUT2D eigenvalue weighted by molar-refractivity contribution is 0.233. The van der Waals surface area contributed by atoms with E-state index in [1.165, 1.54) is 16.7 Å². The van der Waals surface area contributed by atoms with Gasteiger partial charge < -0.3 is 16.0 Å². The van der Waals surface area contributed by atoms with Gasteiger partial charge >= 0.3 is 6.03 Å². The summed E-state index contributed by atoms with van der Waals surface area (Å²) in [6.45, 7) is 4.25. The van der Waals surface area contributed by atoms with Crippen molar-refractivity contribution in [2.75, 3.05) is 20.1 Å². The first-order valence-corrected chi connectivity index (χ1v) is 7.45. The predicted molar refractivity (Wildman–Crippen MR) is 79.9 cm³/mol. The largest absolute Gasteiger partial charge is 0.341 e. The Bertz CT molecular complexity index is 520. The molecule has 1 atom stereocenters. The molecule has 20 heavy (non-hydrogen) atoms. The van der Waals surface area contributed by atoms with Crippen molar-refractivity contribution in [3.63, 3.8) is 0 Å². The monoisotopic (exact) mass is 273 g/mol. The van der Waals surface area contributed by atoms with Crippen LogP contribution >= 0.6 is 0 Å². The molecule has 0 saturated carbocycles. The summed E-state index contributed by atoms with van der Waals surface area (Å²) < 4.78 is 0. The van der Waals surface area contributed by atoms with Crippen molar-refractivity contribution in [1.82, 2.24) is 16.0 Å². The van der Waals surface area contributed by atoms with Gasteiger partial charge in [-0.1, -0.05) is 23.8 Å². The van der Waals surface area contributed by atoms with E-state index in [2.05, 4.69) is 41.1 Å². The van der Waals surface area contributed by atoms with Gasteiger partial charge in [-0.2, -0.15) is 0 Å². The fraction of sp³-hybridized carbons (Fsp3) is 0.562. The van der Waals surface area contributed by atoms with E-state index in [0.29, 0.717) is 0 Å². The van der Waals surface area contributed by atoms with Crippen LogP contribution in [0.5, 0.6) is 0 Å². The average Bonchev–Trinajstić information content (AvgIpc) is 2.73. The maximum Gasteiger partial charge on any atom is 0.315 e. The number of fused-ring (bicyclic) bond motifs is 2. The van der Waals surface area contributed by atoms with Crippen LogP contribution in [0.4, 0.5) is 4.79 Å². The van der Waals surface area contributed by atoms with E-state index in [4.69, 9.17) is 0 Å². The van der Waals surface area contributed by atoms with Crippen molar-refractivity contribution < 1.29 is 4.79 Å².